The topological polar surface area (TPSA) is 15.3 Å². The molecule has 14 heavy (non-hydrogen) atoms. The Labute approximate surface area is 87.0 Å². The van der Waals surface area contributed by atoms with Gasteiger partial charge in [-0.15, -0.1) is 0 Å². The highest BCUT2D eigenvalue weighted by Gasteiger charge is 2.36. The van der Waals surface area contributed by atoms with E-state index in [1.54, 1.807) is 0 Å². The van der Waals surface area contributed by atoms with E-state index >= 15 is 0 Å². The van der Waals surface area contributed by atoms with Gasteiger partial charge >= 0.3 is 0 Å². The second-order valence-corrected chi connectivity index (χ2v) is 5.68. The molecule has 1 saturated carbocycles. The van der Waals surface area contributed by atoms with Gasteiger partial charge in [0.2, 0.25) is 0 Å². The highest BCUT2D eigenvalue weighted by molar-refractivity contribution is 4.94. The van der Waals surface area contributed by atoms with Crippen molar-refractivity contribution in [3.63, 3.8) is 0 Å². The smallest absolute Gasteiger partial charge is 0.0226 e. The Balaban J connectivity index is 1.53. The molecule has 0 radical (unpaired) electrons. The third-order valence-electron chi connectivity index (χ3n) is 4.48. The molecule has 1 atom stereocenters. The molecular weight excluding hydrogens is 172 g/mol. The van der Waals surface area contributed by atoms with E-state index in [2.05, 4.69) is 17.1 Å². The van der Waals surface area contributed by atoms with Crippen LogP contribution >= 0.6 is 0 Å². The van der Waals surface area contributed by atoms with Crippen molar-refractivity contribution in [3.8, 4) is 0 Å². The first-order valence-electron chi connectivity index (χ1n) is 6.29. The molecule has 0 aromatic rings. The summed E-state index contributed by atoms with van der Waals surface area (Å²) in [6, 6.07) is 1.69. The number of hydrogen-bond acceptors (Lipinski definition) is 2. The monoisotopic (exact) mass is 194 g/mol. The van der Waals surface area contributed by atoms with Crippen LogP contribution in [0.15, 0.2) is 0 Å². The van der Waals surface area contributed by atoms with Gasteiger partial charge in [-0.2, -0.15) is 0 Å². The van der Waals surface area contributed by atoms with E-state index in [0.29, 0.717) is 0 Å². The molecule has 0 aromatic heterocycles. The first kappa shape index (κ1) is 9.17. The molecule has 4 fully saturated rings. The molecular formula is C12H22N2. The molecule has 4 aliphatic rings. The van der Waals surface area contributed by atoms with E-state index in [4.69, 9.17) is 0 Å². The zero-order valence-electron chi connectivity index (χ0n) is 9.21. The summed E-state index contributed by atoms with van der Waals surface area (Å²) in [6.45, 7) is 6.43. The summed E-state index contributed by atoms with van der Waals surface area (Å²) in [5.41, 5.74) is 0. The Morgan fingerprint density at radius 2 is 1.86 bits per heavy atom. The van der Waals surface area contributed by atoms with Gasteiger partial charge in [0.1, 0.15) is 0 Å². The zero-order chi connectivity index (χ0) is 9.54. The van der Waals surface area contributed by atoms with Crippen molar-refractivity contribution in [1.82, 2.24) is 10.2 Å². The quantitative estimate of drug-likeness (QED) is 0.716. The Hall–Kier alpha value is -0.0800. The fourth-order valence-electron chi connectivity index (χ4n) is 3.50. The highest BCUT2D eigenvalue weighted by atomic mass is 15.2. The van der Waals surface area contributed by atoms with Crippen molar-refractivity contribution in [1.29, 1.82) is 0 Å². The number of nitrogens with one attached hydrogen (secondary N) is 1. The lowest BCUT2D eigenvalue weighted by molar-refractivity contribution is 0.0550. The van der Waals surface area contributed by atoms with Crippen LogP contribution in [-0.4, -0.2) is 36.6 Å². The molecule has 80 valence electrons. The summed E-state index contributed by atoms with van der Waals surface area (Å²) in [7, 11) is 0. The maximum Gasteiger partial charge on any atom is 0.0226 e. The van der Waals surface area contributed by atoms with Crippen LogP contribution in [0.5, 0.6) is 0 Å². The first-order chi connectivity index (χ1) is 6.81. The van der Waals surface area contributed by atoms with Crippen molar-refractivity contribution in [2.45, 2.75) is 44.7 Å². The molecule has 1 N–H and O–H groups in total. The fraction of sp³-hybridized carbons (Fsp3) is 1.00. The van der Waals surface area contributed by atoms with Crippen LogP contribution in [0, 0.1) is 11.8 Å². The average molecular weight is 194 g/mol. The Morgan fingerprint density at radius 3 is 2.36 bits per heavy atom. The zero-order valence-corrected chi connectivity index (χ0v) is 9.21. The summed E-state index contributed by atoms with van der Waals surface area (Å²) in [5.74, 6) is 1.98. The van der Waals surface area contributed by atoms with E-state index in [1.165, 1.54) is 45.3 Å². The molecule has 0 amide bonds. The number of piperidine rings is 3. The largest absolute Gasteiger partial charge is 0.310 e. The van der Waals surface area contributed by atoms with Gasteiger partial charge in [-0.3, -0.25) is 0 Å². The van der Waals surface area contributed by atoms with Gasteiger partial charge in [0.25, 0.3) is 0 Å². The van der Waals surface area contributed by atoms with E-state index in [0.717, 1.165) is 23.9 Å². The molecule has 1 unspecified atom stereocenters. The lowest BCUT2D eigenvalue weighted by atomic mass is 9.78. The summed E-state index contributed by atoms with van der Waals surface area (Å²) in [4.78, 5) is 2.64. The van der Waals surface area contributed by atoms with Crippen LogP contribution in [-0.2, 0) is 0 Å². The van der Waals surface area contributed by atoms with Crippen LogP contribution in [0.25, 0.3) is 0 Å². The molecule has 4 rings (SSSR count). The predicted octanol–water partition coefficient (Wildman–Crippen LogP) is 1.47. The molecule has 0 aromatic carbocycles. The van der Waals surface area contributed by atoms with Crippen LogP contribution in [0.3, 0.4) is 0 Å². The van der Waals surface area contributed by atoms with Crippen molar-refractivity contribution in [2.75, 3.05) is 19.6 Å². The van der Waals surface area contributed by atoms with Crippen molar-refractivity contribution >= 4 is 0 Å². The SMILES string of the molecule is CC1CC(NC2CN3CCC2CC3)C1. The first-order valence-corrected chi connectivity index (χ1v) is 6.29. The maximum absolute atomic E-state index is 3.88. The van der Waals surface area contributed by atoms with E-state index < -0.39 is 0 Å². The minimum atomic E-state index is 0.829. The average Bonchev–Trinajstić information content (AvgIpc) is 2.17. The molecule has 1 aliphatic carbocycles. The van der Waals surface area contributed by atoms with Gasteiger partial charge in [-0.05, 0) is 50.6 Å². The minimum Gasteiger partial charge on any atom is -0.310 e. The molecule has 3 saturated heterocycles. The Bertz CT molecular complexity index is 202. The van der Waals surface area contributed by atoms with E-state index in [1.807, 2.05) is 0 Å². The predicted molar refractivity (Wildman–Crippen MR) is 58.3 cm³/mol. The van der Waals surface area contributed by atoms with E-state index in [9.17, 15) is 0 Å². The number of nitrogens with zero attached hydrogens (tertiary/aromatic N) is 1. The lowest BCUT2D eigenvalue weighted by Gasteiger charge is -2.48. The third kappa shape index (κ3) is 1.59. The normalized spacial score (nSPS) is 51.6. The summed E-state index contributed by atoms with van der Waals surface area (Å²) in [6.07, 6.45) is 5.73. The summed E-state index contributed by atoms with van der Waals surface area (Å²) < 4.78 is 0. The lowest BCUT2D eigenvalue weighted by Crippen LogP contribution is -2.59. The van der Waals surface area contributed by atoms with Crippen molar-refractivity contribution in [2.24, 2.45) is 11.8 Å². The summed E-state index contributed by atoms with van der Waals surface area (Å²) >= 11 is 0. The fourth-order valence-corrected chi connectivity index (χ4v) is 3.50. The van der Waals surface area contributed by atoms with Crippen LogP contribution in [0.1, 0.15) is 32.6 Å². The summed E-state index contributed by atoms with van der Waals surface area (Å²) in [5, 5.41) is 3.88. The number of fused-ring (bicyclic) bond motifs is 3. The van der Waals surface area contributed by atoms with Crippen molar-refractivity contribution in [3.05, 3.63) is 0 Å². The van der Waals surface area contributed by atoms with Crippen LogP contribution in [0.2, 0.25) is 0 Å². The third-order valence-corrected chi connectivity index (χ3v) is 4.48. The standard InChI is InChI=1S/C12H22N2/c1-9-6-11(7-9)13-12-8-14-4-2-10(12)3-5-14/h9-13H,2-8H2,1H3. The molecule has 2 nitrogen and oxygen atoms in total. The van der Waals surface area contributed by atoms with Gasteiger partial charge in [0, 0.05) is 18.6 Å². The Kier molecular flexibility index (Phi) is 2.29. The van der Waals surface area contributed by atoms with Gasteiger partial charge < -0.3 is 10.2 Å². The minimum absolute atomic E-state index is 0.829. The Morgan fingerprint density at radius 1 is 1.14 bits per heavy atom. The van der Waals surface area contributed by atoms with Gasteiger partial charge in [-0.1, -0.05) is 6.92 Å². The second-order valence-electron chi connectivity index (χ2n) is 5.68. The van der Waals surface area contributed by atoms with Gasteiger partial charge in [0.15, 0.2) is 0 Å². The highest BCUT2D eigenvalue weighted by Crippen LogP contribution is 2.31. The molecule has 3 heterocycles. The van der Waals surface area contributed by atoms with Crippen LogP contribution < -0.4 is 5.32 Å². The molecule has 3 aliphatic heterocycles. The molecule has 2 bridgehead atoms. The van der Waals surface area contributed by atoms with Crippen molar-refractivity contribution < 1.29 is 0 Å². The van der Waals surface area contributed by atoms with Crippen LogP contribution in [0.4, 0.5) is 0 Å². The molecule has 2 heteroatoms. The van der Waals surface area contributed by atoms with Gasteiger partial charge in [0.05, 0.1) is 0 Å². The maximum atomic E-state index is 3.88. The van der Waals surface area contributed by atoms with Gasteiger partial charge in [-0.25, -0.2) is 0 Å². The number of hydrogen-bond donors (Lipinski definition) is 1. The second kappa shape index (κ2) is 3.49. The van der Waals surface area contributed by atoms with E-state index in [-0.39, 0.29) is 0 Å². The molecule has 0 spiro atoms. The number of rotatable bonds is 2.